The van der Waals surface area contributed by atoms with Crippen LogP contribution >= 0.6 is 0 Å². The first kappa shape index (κ1) is 14.2. The predicted molar refractivity (Wildman–Crippen MR) is 90.3 cm³/mol. The molecule has 0 fully saturated rings. The average molecular weight is 287 g/mol. The Morgan fingerprint density at radius 3 is 2.41 bits per heavy atom. The monoisotopic (exact) mass is 287 g/mol. The van der Waals surface area contributed by atoms with Gasteiger partial charge in [0, 0.05) is 5.39 Å². The van der Waals surface area contributed by atoms with E-state index < -0.39 is 0 Å². The minimum atomic E-state index is 0.678. The second kappa shape index (κ2) is 6.38. The van der Waals surface area contributed by atoms with Gasteiger partial charge >= 0.3 is 0 Å². The Labute approximate surface area is 130 Å². The van der Waals surface area contributed by atoms with E-state index in [-0.39, 0.29) is 0 Å². The summed E-state index contributed by atoms with van der Waals surface area (Å²) in [7, 11) is 0. The van der Waals surface area contributed by atoms with Crippen LogP contribution in [0.3, 0.4) is 0 Å². The molecule has 3 aromatic rings. The quantitative estimate of drug-likeness (QED) is 0.495. The number of nitrogens with zero attached hydrogens (tertiary/aromatic N) is 1. The molecule has 22 heavy (non-hydrogen) atoms. The standard InChI is InChI=1S/C20H17NO/c1-15-5-7-16(8-6-15)9-10-17-11-12-19-18(13-17)3-2-4-20(19)21-14-22/h2-8,11-13H,9-10H2,1H3. The zero-order valence-corrected chi connectivity index (χ0v) is 12.5. The second-order valence-electron chi connectivity index (χ2n) is 5.52. The number of aryl methyl sites for hydroxylation is 3. The Balaban J connectivity index is 1.83. The Morgan fingerprint density at radius 2 is 1.64 bits per heavy atom. The van der Waals surface area contributed by atoms with E-state index in [9.17, 15) is 4.79 Å². The molecule has 0 spiro atoms. The van der Waals surface area contributed by atoms with Crippen molar-refractivity contribution in [3.63, 3.8) is 0 Å². The van der Waals surface area contributed by atoms with Crippen LogP contribution in [0, 0.1) is 6.92 Å². The molecule has 0 aliphatic rings. The highest BCUT2D eigenvalue weighted by molar-refractivity contribution is 5.93. The van der Waals surface area contributed by atoms with Gasteiger partial charge in [-0.1, -0.05) is 60.2 Å². The third-order valence-corrected chi connectivity index (χ3v) is 3.91. The molecule has 108 valence electrons. The molecule has 2 heteroatoms. The summed E-state index contributed by atoms with van der Waals surface area (Å²) in [6.07, 6.45) is 3.64. The van der Waals surface area contributed by atoms with Gasteiger partial charge in [0.25, 0.3) is 0 Å². The van der Waals surface area contributed by atoms with Crippen LogP contribution in [0.1, 0.15) is 16.7 Å². The van der Waals surface area contributed by atoms with Crippen molar-refractivity contribution in [3.8, 4) is 0 Å². The van der Waals surface area contributed by atoms with Crippen molar-refractivity contribution < 1.29 is 4.79 Å². The van der Waals surface area contributed by atoms with E-state index in [0.29, 0.717) is 5.69 Å². The number of aliphatic imine (C=N–C) groups is 1. The number of hydrogen-bond acceptors (Lipinski definition) is 2. The van der Waals surface area contributed by atoms with Crippen molar-refractivity contribution in [2.75, 3.05) is 0 Å². The summed E-state index contributed by atoms with van der Waals surface area (Å²) >= 11 is 0. The number of carbonyl (C=O) groups excluding carboxylic acids is 1. The Bertz CT molecular complexity index is 843. The van der Waals surface area contributed by atoms with Gasteiger partial charge in [-0.2, -0.15) is 4.99 Å². The number of isocyanates is 1. The van der Waals surface area contributed by atoms with Crippen molar-refractivity contribution >= 4 is 22.5 Å². The van der Waals surface area contributed by atoms with E-state index in [4.69, 9.17) is 0 Å². The Morgan fingerprint density at radius 1 is 0.909 bits per heavy atom. The van der Waals surface area contributed by atoms with E-state index in [0.717, 1.165) is 23.6 Å². The van der Waals surface area contributed by atoms with Crippen LogP contribution in [0.15, 0.2) is 65.7 Å². The van der Waals surface area contributed by atoms with Crippen LogP contribution in [0.2, 0.25) is 0 Å². The van der Waals surface area contributed by atoms with Gasteiger partial charge in [-0.15, -0.1) is 0 Å². The lowest BCUT2D eigenvalue weighted by Crippen LogP contribution is -1.91. The predicted octanol–water partition coefficient (Wildman–Crippen LogP) is 4.90. The van der Waals surface area contributed by atoms with Gasteiger partial charge in [0.05, 0.1) is 5.69 Å². The molecule has 0 radical (unpaired) electrons. The molecule has 3 aromatic carbocycles. The molecule has 0 amide bonds. The van der Waals surface area contributed by atoms with Crippen LogP contribution in [-0.4, -0.2) is 6.08 Å². The summed E-state index contributed by atoms with van der Waals surface area (Å²) < 4.78 is 0. The normalized spacial score (nSPS) is 10.4. The van der Waals surface area contributed by atoms with Crippen LogP contribution in [0.4, 0.5) is 5.69 Å². The lowest BCUT2D eigenvalue weighted by molar-refractivity contribution is 0.565. The summed E-state index contributed by atoms with van der Waals surface area (Å²) in [6, 6.07) is 20.8. The van der Waals surface area contributed by atoms with Crippen LogP contribution < -0.4 is 0 Å². The third-order valence-electron chi connectivity index (χ3n) is 3.91. The zero-order chi connectivity index (χ0) is 15.4. The molecule has 0 bridgehead atoms. The molecular formula is C20H17NO. The lowest BCUT2D eigenvalue weighted by atomic mass is 10.00. The molecule has 0 atom stereocenters. The first-order valence-corrected chi connectivity index (χ1v) is 7.41. The Kier molecular flexibility index (Phi) is 4.13. The molecule has 0 aromatic heterocycles. The van der Waals surface area contributed by atoms with Gasteiger partial charge in [0.15, 0.2) is 0 Å². The molecule has 3 rings (SSSR count). The number of hydrogen-bond donors (Lipinski definition) is 0. The molecule has 0 heterocycles. The summed E-state index contributed by atoms with van der Waals surface area (Å²) in [4.78, 5) is 14.2. The number of fused-ring (bicyclic) bond motifs is 1. The first-order valence-electron chi connectivity index (χ1n) is 7.41. The maximum Gasteiger partial charge on any atom is 0.240 e. The van der Waals surface area contributed by atoms with Crippen molar-refractivity contribution in [3.05, 3.63) is 77.4 Å². The molecule has 0 aliphatic carbocycles. The largest absolute Gasteiger partial charge is 0.240 e. The highest BCUT2D eigenvalue weighted by Gasteiger charge is 2.02. The fourth-order valence-electron chi connectivity index (χ4n) is 2.66. The number of benzene rings is 3. The van der Waals surface area contributed by atoms with Gasteiger partial charge in [-0.3, -0.25) is 0 Å². The average Bonchev–Trinajstić information content (AvgIpc) is 2.55. The van der Waals surface area contributed by atoms with Gasteiger partial charge in [0.2, 0.25) is 6.08 Å². The van der Waals surface area contributed by atoms with Crippen LogP contribution in [0.5, 0.6) is 0 Å². The molecule has 0 unspecified atom stereocenters. The smallest absolute Gasteiger partial charge is 0.211 e. The number of rotatable bonds is 4. The van der Waals surface area contributed by atoms with Gasteiger partial charge in [0.1, 0.15) is 0 Å². The van der Waals surface area contributed by atoms with Gasteiger partial charge in [-0.25, -0.2) is 4.79 Å². The highest BCUT2D eigenvalue weighted by atomic mass is 16.1. The highest BCUT2D eigenvalue weighted by Crippen LogP contribution is 2.26. The van der Waals surface area contributed by atoms with E-state index in [1.54, 1.807) is 6.08 Å². The van der Waals surface area contributed by atoms with Crippen LogP contribution in [0.25, 0.3) is 10.8 Å². The third kappa shape index (κ3) is 3.13. The van der Waals surface area contributed by atoms with E-state index in [1.165, 1.54) is 16.7 Å². The van der Waals surface area contributed by atoms with Gasteiger partial charge < -0.3 is 0 Å². The fourth-order valence-corrected chi connectivity index (χ4v) is 2.66. The van der Waals surface area contributed by atoms with E-state index in [2.05, 4.69) is 54.4 Å². The molecule has 0 N–H and O–H groups in total. The van der Waals surface area contributed by atoms with Crippen molar-refractivity contribution in [1.29, 1.82) is 0 Å². The molecule has 0 aliphatic heterocycles. The van der Waals surface area contributed by atoms with Crippen molar-refractivity contribution in [1.82, 2.24) is 0 Å². The van der Waals surface area contributed by atoms with Crippen molar-refractivity contribution in [2.24, 2.45) is 4.99 Å². The first-order chi connectivity index (χ1) is 10.8. The lowest BCUT2D eigenvalue weighted by Gasteiger charge is -2.06. The van der Waals surface area contributed by atoms with Gasteiger partial charge in [-0.05, 0) is 42.3 Å². The van der Waals surface area contributed by atoms with E-state index in [1.807, 2.05) is 18.2 Å². The summed E-state index contributed by atoms with van der Waals surface area (Å²) in [6.45, 7) is 2.10. The minimum absolute atomic E-state index is 0.678. The molecule has 0 saturated heterocycles. The van der Waals surface area contributed by atoms with E-state index >= 15 is 0 Å². The maximum atomic E-state index is 10.5. The maximum absolute atomic E-state index is 10.5. The SMILES string of the molecule is Cc1ccc(CCc2ccc3c(N=C=O)cccc3c2)cc1. The molecule has 0 saturated carbocycles. The van der Waals surface area contributed by atoms with Crippen LogP contribution in [-0.2, 0) is 17.6 Å². The molecular weight excluding hydrogens is 270 g/mol. The fraction of sp³-hybridized carbons (Fsp3) is 0.150. The summed E-state index contributed by atoms with van der Waals surface area (Å²) in [5, 5.41) is 2.10. The zero-order valence-electron chi connectivity index (χ0n) is 12.5. The topological polar surface area (TPSA) is 29.4 Å². The second-order valence-corrected chi connectivity index (χ2v) is 5.52. The Hall–Kier alpha value is -2.70. The van der Waals surface area contributed by atoms with Crippen molar-refractivity contribution in [2.45, 2.75) is 19.8 Å². The minimum Gasteiger partial charge on any atom is -0.211 e. The molecule has 2 nitrogen and oxygen atoms in total. The summed E-state index contributed by atoms with van der Waals surface area (Å²) in [5.74, 6) is 0. The summed E-state index contributed by atoms with van der Waals surface area (Å²) in [5.41, 5.74) is 4.61.